The Kier molecular flexibility index (Phi) is 2.00. The van der Waals surface area contributed by atoms with E-state index in [1.54, 1.807) is 23.0 Å². The minimum absolute atomic E-state index is 0.117. The summed E-state index contributed by atoms with van der Waals surface area (Å²) in [6.45, 7) is 1.43. The Morgan fingerprint density at radius 3 is 2.80 bits per heavy atom. The first-order chi connectivity index (χ1) is 7.09. The van der Waals surface area contributed by atoms with Crippen LogP contribution in [0.5, 0.6) is 0 Å². The number of nitrogens with zero attached hydrogens (tertiary/aromatic N) is 2. The van der Waals surface area contributed by atoms with Crippen molar-refractivity contribution in [2.24, 2.45) is 5.73 Å². The maximum absolute atomic E-state index is 11.2. The highest BCUT2D eigenvalue weighted by atomic mass is 16.1. The van der Waals surface area contributed by atoms with Crippen molar-refractivity contribution < 1.29 is 9.59 Å². The molecule has 2 aromatic heterocycles. The third kappa shape index (κ3) is 1.48. The van der Waals surface area contributed by atoms with E-state index in [0.717, 1.165) is 0 Å². The summed E-state index contributed by atoms with van der Waals surface area (Å²) in [4.78, 5) is 26.3. The normalized spacial score (nSPS) is 10.5. The van der Waals surface area contributed by atoms with Crippen molar-refractivity contribution >= 4 is 17.3 Å². The van der Waals surface area contributed by atoms with Gasteiger partial charge in [-0.2, -0.15) is 0 Å². The fraction of sp³-hybridized carbons (Fsp3) is 0.100. The lowest BCUT2D eigenvalue weighted by Gasteiger charge is -2.02. The molecule has 0 spiro atoms. The van der Waals surface area contributed by atoms with Crippen molar-refractivity contribution in [2.45, 2.75) is 6.92 Å². The highest BCUT2D eigenvalue weighted by Crippen LogP contribution is 2.12. The lowest BCUT2D eigenvalue weighted by Crippen LogP contribution is -2.14. The summed E-state index contributed by atoms with van der Waals surface area (Å²) in [5, 5.41) is 0. The lowest BCUT2D eigenvalue weighted by molar-refractivity contribution is 0.100. The summed E-state index contributed by atoms with van der Waals surface area (Å²) >= 11 is 0. The van der Waals surface area contributed by atoms with E-state index in [9.17, 15) is 9.59 Å². The molecule has 0 aliphatic heterocycles. The SMILES string of the molecule is CC(=O)c1cc(C(N)=O)c2nccn2c1. The first-order valence-electron chi connectivity index (χ1n) is 4.37. The third-order valence-electron chi connectivity index (χ3n) is 2.16. The maximum atomic E-state index is 11.2. The number of imidazole rings is 1. The number of primary amides is 1. The van der Waals surface area contributed by atoms with Crippen LogP contribution in [0, 0.1) is 0 Å². The monoisotopic (exact) mass is 203 g/mol. The molecule has 2 aromatic rings. The van der Waals surface area contributed by atoms with Crippen molar-refractivity contribution in [1.82, 2.24) is 9.38 Å². The standard InChI is InChI=1S/C10H9N3O2/c1-6(14)7-4-8(9(11)15)10-12-2-3-13(10)5-7/h2-5H,1H3,(H2,11,15). The van der Waals surface area contributed by atoms with Crippen molar-refractivity contribution in [2.75, 3.05) is 0 Å². The molecule has 5 nitrogen and oxygen atoms in total. The van der Waals surface area contributed by atoms with Crippen LogP contribution < -0.4 is 5.73 Å². The molecule has 0 saturated heterocycles. The number of pyridine rings is 1. The zero-order valence-electron chi connectivity index (χ0n) is 8.10. The molecule has 2 heterocycles. The summed E-state index contributed by atoms with van der Waals surface area (Å²) in [7, 11) is 0. The van der Waals surface area contributed by atoms with Gasteiger partial charge in [0.15, 0.2) is 5.78 Å². The molecular formula is C10H9N3O2. The molecule has 2 N–H and O–H groups in total. The second-order valence-electron chi connectivity index (χ2n) is 3.22. The number of amides is 1. The number of rotatable bonds is 2. The summed E-state index contributed by atoms with van der Waals surface area (Å²) in [5.74, 6) is -0.706. The fourth-order valence-corrected chi connectivity index (χ4v) is 1.41. The van der Waals surface area contributed by atoms with Gasteiger partial charge >= 0.3 is 0 Å². The van der Waals surface area contributed by atoms with Crippen LogP contribution in [-0.2, 0) is 0 Å². The number of carbonyl (C=O) groups is 2. The first-order valence-corrected chi connectivity index (χ1v) is 4.37. The van der Waals surface area contributed by atoms with Crippen LogP contribution in [0.3, 0.4) is 0 Å². The summed E-state index contributed by atoms with van der Waals surface area (Å²) < 4.78 is 1.61. The van der Waals surface area contributed by atoms with Gasteiger partial charge < -0.3 is 10.1 Å². The predicted molar refractivity (Wildman–Crippen MR) is 53.7 cm³/mol. The number of aromatic nitrogens is 2. The van der Waals surface area contributed by atoms with Crippen molar-refractivity contribution in [3.05, 3.63) is 35.8 Å². The Bertz CT molecular complexity index is 557. The van der Waals surface area contributed by atoms with Gasteiger partial charge in [0.05, 0.1) is 5.56 Å². The van der Waals surface area contributed by atoms with E-state index in [2.05, 4.69) is 4.98 Å². The van der Waals surface area contributed by atoms with Crippen LogP contribution in [0.15, 0.2) is 24.7 Å². The number of hydrogen-bond donors (Lipinski definition) is 1. The van der Waals surface area contributed by atoms with Crippen LogP contribution in [0.1, 0.15) is 27.6 Å². The van der Waals surface area contributed by atoms with E-state index >= 15 is 0 Å². The van der Waals surface area contributed by atoms with Gasteiger partial charge in [0, 0.05) is 24.2 Å². The molecule has 5 heteroatoms. The Balaban J connectivity index is 2.80. The molecule has 0 atom stereocenters. The van der Waals surface area contributed by atoms with E-state index < -0.39 is 5.91 Å². The molecule has 0 saturated carbocycles. The zero-order valence-corrected chi connectivity index (χ0v) is 8.10. The number of ketones is 1. The number of fused-ring (bicyclic) bond motifs is 1. The van der Waals surface area contributed by atoms with Crippen LogP contribution in [0.2, 0.25) is 0 Å². The molecule has 0 aromatic carbocycles. The predicted octanol–water partition coefficient (Wildman–Crippen LogP) is 0.636. The Morgan fingerprint density at radius 2 is 2.20 bits per heavy atom. The number of Topliss-reactive ketones (excluding diaryl/α,β-unsaturated/α-hetero) is 1. The average Bonchev–Trinajstić information content (AvgIpc) is 2.62. The quantitative estimate of drug-likeness (QED) is 0.727. The minimum Gasteiger partial charge on any atom is -0.365 e. The Morgan fingerprint density at radius 1 is 1.47 bits per heavy atom. The topological polar surface area (TPSA) is 77.5 Å². The number of carbonyl (C=O) groups excluding carboxylic acids is 2. The van der Waals surface area contributed by atoms with Gasteiger partial charge in [-0.25, -0.2) is 4.98 Å². The van der Waals surface area contributed by atoms with Crippen LogP contribution in [0.4, 0.5) is 0 Å². The van der Waals surface area contributed by atoms with Gasteiger partial charge in [-0.05, 0) is 13.0 Å². The Labute approximate surface area is 85.5 Å². The van der Waals surface area contributed by atoms with E-state index in [4.69, 9.17) is 5.73 Å². The first kappa shape index (κ1) is 9.39. The molecule has 0 aliphatic carbocycles. The van der Waals surface area contributed by atoms with Crippen molar-refractivity contribution in [1.29, 1.82) is 0 Å². The molecule has 0 radical (unpaired) electrons. The molecule has 0 bridgehead atoms. The molecule has 0 fully saturated rings. The minimum atomic E-state index is -0.589. The number of nitrogens with two attached hydrogens (primary N) is 1. The third-order valence-corrected chi connectivity index (χ3v) is 2.16. The highest BCUT2D eigenvalue weighted by Gasteiger charge is 2.11. The van der Waals surface area contributed by atoms with Gasteiger partial charge in [0.2, 0.25) is 0 Å². The molecule has 0 unspecified atom stereocenters. The molecule has 15 heavy (non-hydrogen) atoms. The molecule has 1 amide bonds. The summed E-state index contributed by atoms with van der Waals surface area (Å²) in [5.41, 5.74) is 6.37. The second-order valence-corrected chi connectivity index (χ2v) is 3.22. The van der Waals surface area contributed by atoms with E-state index in [1.165, 1.54) is 13.0 Å². The van der Waals surface area contributed by atoms with Gasteiger partial charge in [0.1, 0.15) is 5.65 Å². The van der Waals surface area contributed by atoms with E-state index in [0.29, 0.717) is 11.2 Å². The van der Waals surface area contributed by atoms with E-state index in [-0.39, 0.29) is 11.3 Å². The molecule has 76 valence electrons. The van der Waals surface area contributed by atoms with Crippen LogP contribution in [-0.4, -0.2) is 21.1 Å². The van der Waals surface area contributed by atoms with Crippen molar-refractivity contribution in [3.63, 3.8) is 0 Å². The molecule has 0 aliphatic rings. The zero-order chi connectivity index (χ0) is 11.0. The second kappa shape index (κ2) is 3.20. The number of hydrogen-bond acceptors (Lipinski definition) is 3. The van der Waals surface area contributed by atoms with Crippen molar-refractivity contribution in [3.8, 4) is 0 Å². The molecular weight excluding hydrogens is 194 g/mol. The summed E-state index contributed by atoms with van der Waals surface area (Å²) in [6, 6.07) is 1.47. The van der Waals surface area contributed by atoms with Crippen LogP contribution in [0.25, 0.3) is 5.65 Å². The fourth-order valence-electron chi connectivity index (χ4n) is 1.41. The van der Waals surface area contributed by atoms with Gasteiger partial charge in [-0.3, -0.25) is 9.59 Å². The average molecular weight is 203 g/mol. The molecule has 2 rings (SSSR count). The smallest absolute Gasteiger partial charge is 0.252 e. The van der Waals surface area contributed by atoms with Crippen LogP contribution >= 0.6 is 0 Å². The highest BCUT2D eigenvalue weighted by molar-refractivity contribution is 6.02. The lowest BCUT2D eigenvalue weighted by atomic mass is 10.1. The van der Waals surface area contributed by atoms with Gasteiger partial charge in [-0.15, -0.1) is 0 Å². The maximum Gasteiger partial charge on any atom is 0.252 e. The largest absolute Gasteiger partial charge is 0.365 e. The summed E-state index contributed by atoms with van der Waals surface area (Å²) in [6.07, 6.45) is 4.83. The van der Waals surface area contributed by atoms with Gasteiger partial charge in [0.25, 0.3) is 5.91 Å². The van der Waals surface area contributed by atoms with E-state index in [1.807, 2.05) is 0 Å². The Hall–Kier alpha value is -2.17. The van der Waals surface area contributed by atoms with Gasteiger partial charge in [-0.1, -0.05) is 0 Å².